The van der Waals surface area contributed by atoms with Gasteiger partial charge in [0.05, 0.1) is 11.2 Å². The van der Waals surface area contributed by atoms with Gasteiger partial charge in [-0.25, -0.2) is 4.98 Å². The van der Waals surface area contributed by atoms with Gasteiger partial charge in [0.15, 0.2) is 0 Å². The molecule has 5 rings (SSSR count). The van der Waals surface area contributed by atoms with Gasteiger partial charge < -0.3 is 0 Å². The molecule has 1 nitrogen and oxygen atoms in total. The first-order valence-corrected chi connectivity index (χ1v) is 7.32. The van der Waals surface area contributed by atoms with Crippen molar-refractivity contribution in [1.82, 2.24) is 4.98 Å². The van der Waals surface area contributed by atoms with Gasteiger partial charge in [-0.1, -0.05) is 54.1 Å². The monoisotopic (exact) mass is 287 g/mol. The third-order valence-corrected chi connectivity index (χ3v) is 4.46. The lowest BCUT2D eigenvalue weighted by atomic mass is 10.0. The summed E-state index contributed by atoms with van der Waals surface area (Å²) in [4.78, 5) is 4.87. The fourth-order valence-corrected chi connectivity index (χ4v) is 3.48. The number of aromatic nitrogens is 1. The Kier molecular flexibility index (Phi) is 2.06. The highest BCUT2D eigenvalue weighted by molar-refractivity contribution is 6.31. The predicted molar refractivity (Wildman–Crippen MR) is 88.7 cm³/mol. The maximum atomic E-state index is 6.10. The minimum atomic E-state index is 0.726. The number of fused-ring (bicyclic) bond motifs is 4. The van der Waals surface area contributed by atoms with Gasteiger partial charge >= 0.3 is 0 Å². The van der Waals surface area contributed by atoms with Crippen LogP contribution in [0.25, 0.3) is 44.1 Å². The molecular formula is C19H10ClN. The molecule has 4 aromatic rings. The van der Waals surface area contributed by atoms with Crippen LogP contribution in [0.15, 0.2) is 60.7 Å². The molecule has 0 N–H and O–H groups in total. The molecule has 3 aromatic carbocycles. The van der Waals surface area contributed by atoms with Crippen LogP contribution in [0.3, 0.4) is 0 Å². The number of hydrogen-bond donors (Lipinski definition) is 0. The number of benzene rings is 3. The molecule has 21 heavy (non-hydrogen) atoms. The highest BCUT2D eigenvalue weighted by Crippen LogP contribution is 2.46. The summed E-state index contributed by atoms with van der Waals surface area (Å²) < 4.78 is 0. The second-order valence-electron chi connectivity index (χ2n) is 5.43. The molecule has 0 amide bonds. The van der Waals surface area contributed by atoms with E-state index in [0.29, 0.717) is 0 Å². The van der Waals surface area contributed by atoms with Crippen LogP contribution in [0.4, 0.5) is 0 Å². The first-order chi connectivity index (χ1) is 10.3. The average molecular weight is 288 g/mol. The van der Waals surface area contributed by atoms with E-state index < -0.39 is 0 Å². The second kappa shape index (κ2) is 3.84. The SMILES string of the molecule is Clc1ccc2cc3c(nc2c1)-c1cccc2cccc-3c12. The molecule has 0 spiro atoms. The predicted octanol–water partition coefficient (Wildman–Crippen LogP) is 5.69. The first kappa shape index (κ1) is 11.3. The maximum Gasteiger partial charge on any atom is 0.0794 e. The zero-order valence-electron chi connectivity index (χ0n) is 11.1. The molecule has 0 aliphatic heterocycles. The second-order valence-corrected chi connectivity index (χ2v) is 5.87. The zero-order chi connectivity index (χ0) is 14.0. The molecule has 1 aliphatic rings. The zero-order valence-corrected chi connectivity index (χ0v) is 11.9. The maximum absolute atomic E-state index is 6.10. The van der Waals surface area contributed by atoms with E-state index in [1.54, 1.807) is 0 Å². The lowest BCUT2D eigenvalue weighted by Gasteiger charge is -2.04. The average Bonchev–Trinajstić information content (AvgIpc) is 2.82. The van der Waals surface area contributed by atoms with Crippen molar-refractivity contribution in [2.24, 2.45) is 0 Å². The van der Waals surface area contributed by atoms with Crippen LogP contribution in [-0.2, 0) is 0 Å². The van der Waals surface area contributed by atoms with Crippen LogP contribution < -0.4 is 0 Å². The number of pyridine rings is 1. The number of halogens is 1. The van der Waals surface area contributed by atoms with Crippen molar-refractivity contribution in [2.45, 2.75) is 0 Å². The lowest BCUT2D eigenvalue weighted by molar-refractivity contribution is 1.42. The normalized spacial score (nSPS) is 12.0. The molecule has 0 radical (unpaired) electrons. The van der Waals surface area contributed by atoms with Crippen LogP contribution in [0, 0.1) is 0 Å². The molecule has 1 heterocycles. The van der Waals surface area contributed by atoms with Gasteiger partial charge in [0.25, 0.3) is 0 Å². The highest BCUT2D eigenvalue weighted by Gasteiger charge is 2.22. The van der Waals surface area contributed by atoms with Gasteiger partial charge in [0.1, 0.15) is 0 Å². The molecular weight excluding hydrogens is 278 g/mol. The van der Waals surface area contributed by atoms with Crippen molar-refractivity contribution in [1.29, 1.82) is 0 Å². The summed E-state index contributed by atoms with van der Waals surface area (Å²) in [5.41, 5.74) is 5.74. The van der Waals surface area contributed by atoms with Gasteiger partial charge in [-0.2, -0.15) is 0 Å². The summed E-state index contributed by atoms with van der Waals surface area (Å²) in [7, 11) is 0. The lowest BCUT2D eigenvalue weighted by Crippen LogP contribution is -1.85. The van der Waals surface area contributed by atoms with Crippen LogP contribution in [0.2, 0.25) is 5.02 Å². The Morgan fingerprint density at radius 1 is 0.714 bits per heavy atom. The van der Waals surface area contributed by atoms with Crippen LogP contribution in [-0.4, -0.2) is 4.98 Å². The van der Waals surface area contributed by atoms with Crippen molar-refractivity contribution < 1.29 is 0 Å². The minimum absolute atomic E-state index is 0.726. The van der Waals surface area contributed by atoms with E-state index in [9.17, 15) is 0 Å². The van der Waals surface area contributed by atoms with E-state index >= 15 is 0 Å². The molecule has 98 valence electrons. The van der Waals surface area contributed by atoms with E-state index in [2.05, 4.69) is 42.5 Å². The Labute approximate surface area is 126 Å². The van der Waals surface area contributed by atoms with Gasteiger partial charge in [-0.15, -0.1) is 0 Å². The summed E-state index contributed by atoms with van der Waals surface area (Å²) in [6, 6.07) is 21.0. The molecule has 0 bridgehead atoms. The van der Waals surface area contributed by atoms with Gasteiger partial charge in [0.2, 0.25) is 0 Å². The van der Waals surface area contributed by atoms with Crippen LogP contribution >= 0.6 is 11.6 Å². The van der Waals surface area contributed by atoms with Gasteiger partial charge in [-0.3, -0.25) is 0 Å². The number of nitrogens with zero attached hydrogens (tertiary/aromatic N) is 1. The molecule has 0 saturated carbocycles. The number of hydrogen-bond acceptors (Lipinski definition) is 1. The standard InChI is InChI=1S/C19H10ClN/c20-13-8-7-12-9-16-14-5-1-3-11-4-2-6-15(18(11)14)19(16)21-17(12)10-13/h1-10H. The van der Waals surface area contributed by atoms with E-state index in [-0.39, 0.29) is 0 Å². The van der Waals surface area contributed by atoms with Gasteiger partial charge in [-0.05, 0) is 34.5 Å². The van der Waals surface area contributed by atoms with Crippen molar-refractivity contribution in [2.75, 3.05) is 0 Å². The van der Waals surface area contributed by atoms with Crippen LogP contribution in [0.1, 0.15) is 0 Å². The molecule has 1 aromatic heterocycles. The third-order valence-electron chi connectivity index (χ3n) is 4.23. The smallest absolute Gasteiger partial charge is 0.0794 e. The third kappa shape index (κ3) is 1.44. The summed E-state index contributed by atoms with van der Waals surface area (Å²) >= 11 is 6.10. The molecule has 2 heteroatoms. The fourth-order valence-electron chi connectivity index (χ4n) is 3.31. The summed E-state index contributed by atoms with van der Waals surface area (Å²) in [5.74, 6) is 0. The Morgan fingerprint density at radius 2 is 1.52 bits per heavy atom. The summed E-state index contributed by atoms with van der Waals surface area (Å²) in [6.45, 7) is 0. The highest BCUT2D eigenvalue weighted by atomic mass is 35.5. The molecule has 0 saturated heterocycles. The van der Waals surface area contributed by atoms with Gasteiger partial charge in [0, 0.05) is 21.5 Å². The van der Waals surface area contributed by atoms with Crippen molar-refractivity contribution >= 4 is 33.3 Å². The summed E-state index contributed by atoms with van der Waals surface area (Å²) in [6.07, 6.45) is 0. The van der Waals surface area contributed by atoms with Crippen molar-refractivity contribution in [3.05, 3.63) is 65.7 Å². The van der Waals surface area contributed by atoms with E-state index in [1.165, 1.54) is 27.5 Å². The summed E-state index contributed by atoms with van der Waals surface area (Å²) in [5, 5.41) is 4.43. The van der Waals surface area contributed by atoms with E-state index in [1.807, 2.05) is 18.2 Å². The van der Waals surface area contributed by atoms with Crippen LogP contribution in [0.5, 0.6) is 0 Å². The number of rotatable bonds is 0. The Balaban J connectivity index is 1.98. The molecule has 0 unspecified atom stereocenters. The first-order valence-electron chi connectivity index (χ1n) is 6.94. The Hall–Kier alpha value is -2.38. The quantitative estimate of drug-likeness (QED) is 0.356. The Morgan fingerprint density at radius 3 is 2.38 bits per heavy atom. The fraction of sp³-hybridized carbons (Fsp3) is 0. The Bertz CT molecular complexity index is 1040. The van der Waals surface area contributed by atoms with Crippen molar-refractivity contribution in [3.8, 4) is 22.4 Å². The molecule has 0 atom stereocenters. The largest absolute Gasteiger partial charge is 0.247 e. The van der Waals surface area contributed by atoms with E-state index in [0.717, 1.165) is 21.6 Å². The molecule has 0 fully saturated rings. The molecule has 1 aliphatic carbocycles. The topological polar surface area (TPSA) is 12.9 Å². The van der Waals surface area contributed by atoms with E-state index in [4.69, 9.17) is 16.6 Å². The van der Waals surface area contributed by atoms with Crippen molar-refractivity contribution in [3.63, 3.8) is 0 Å². The minimum Gasteiger partial charge on any atom is -0.247 e.